The van der Waals surface area contributed by atoms with Gasteiger partial charge in [0.2, 0.25) is 0 Å². The Balaban J connectivity index is 0.000001000. The van der Waals surface area contributed by atoms with E-state index in [0.29, 0.717) is 0 Å². The van der Waals surface area contributed by atoms with Gasteiger partial charge in [-0.3, -0.25) is 0 Å². The van der Waals surface area contributed by atoms with Crippen LogP contribution in [0.25, 0.3) is 0 Å². The third-order valence-electron chi connectivity index (χ3n) is 1.19. The number of rotatable bonds is 1. The molecule has 0 aromatic heterocycles. The van der Waals surface area contributed by atoms with Crippen LogP contribution >= 0.6 is 0 Å². The molecule has 11 heavy (non-hydrogen) atoms. The summed E-state index contributed by atoms with van der Waals surface area (Å²) in [5.74, 6) is -1.99. The van der Waals surface area contributed by atoms with Crippen LogP contribution in [-0.2, 0) is 6.61 Å². The third kappa shape index (κ3) is 2.52. The van der Waals surface area contributed by atoms with Crippen molar-refractivity contribution in [2.75, 3.05) is 0 Å². The van der Waals surface area contributed by atoms with Crippen LogP contribution in [0.15, 0.2) is 18.2 Å². The van der Waals surface area contributed by atoms with Gasteiger partial charge in [-0.25, -0.2) is 8.78 Å². The zero-order valence-electron chi connectivity index (χ0n) is 6.10. The van der Waals surface area contributed by atoms with Crippen LogP contribution in [0.1, 0.15) is 5.56 Å². The maximum absolute atomic E-state index is 12.4. The molecule has 1 rings (SSSR count). The smallest absolute Gasteiger partial charge is 0.851 e. The van der Waals surface area contributed by atoms with Gasteiger partial charge in [0, 0.05) is 0 Å². The van der Waals surface area contributed by atoms with Gasteiger partial charge in [0.15, 0.2) is 11.6 Å². The minimum Gasteiger partial charge on any atom is -0.851 e. The van der Waals surface area contributed by atoms with Gasteiger partial charge >= 0.3 is 29.6 Å². The largest absolute Gasteiger partial charge is 1.00 e. The second-order valence-electron chi connectivity index (χ2n) is 1.86. The minimum atomic E-state index is -1.03. The molecule has 0 unspecified atom stereocenters. The van der Waals surface area contributed by atoms with Crippen molar-refractivity contribution in [2.45, 2.75) is 6.61 Å². The summed E-state index contributed by atoms with van der Waals surface area (Å²) >= 11 is 0. The summed E-state index contributed by atoms with van der Waals surface area (Å²) in [4.78, 5) is 0. The molecule has 0 fully saturated rings. The van der Waals surface area contributed by atoms with Crippen LogP contribution in [0.2, 0.25) is 0 Å². The molecular formula is C7H5F2NaO. The van der Waals surface area contributed by atoms with E-state index in [-0.39, 0.29) is 35.1 Å². The second-order valence-corrected chi connectivity index (χ2v) is 1.86. The van der Waals surface area contributed by atoms with E-state index in [0.717, 1.165) is 6.07 Å². The van der Waals surface area contributed by atoms with Gasteiger partial charge < -0.3 is 5.11 Å². The van der Waals surface area contributed by atoms with E-state index in [9.17, 15) is 13.9 Å². The molecular weight excluding hydrogens is 161 g/mol. The SMILES string of the molecule is [Na+].[O-]Cc1cccc(F)c1F. The summed E-state index contributed by atoms with van der Waals surface area (Å²) in [6.45, 7) is -0.719. The quantitative estimate of drug-likeness (QED) is 0.435. The Morgan fingerprint density at radius 3 is 2.36 bits per heavy atom. The molecule has 0 saturated heterocycles. The molecule has 0 spiro atoms. The Bertz CT molecular complexity index is 240. The third-order valence-corrected chi connectivity index (χ3v) is 1.19. The van der Waals surface area contributed by atoms with E-state index in [1.165, 1.54) is 12.1 Å². The first-order valence-electron chi connectivity index (χ1n) is 2.76. The summed E-state index contributed by atoms with van der Waals surface area (Å²) in [5.41, 5.74) is -0.125. The molecule has 0 aliphatic heterocycles. The summed E-state index contributed by atoms with van der Waals surface area (Å²) in [5, 5.41) is 10.1. The van der Waals surface area contributed by atoms with E-state index < -0.39 is 18.2 Å². The molecule has 0 bridgehead atoms. The average Bonchev–Trinajstić information content (AvgIpc) is 1.95. The van der Waals surface area contributed by atoms with Crippen molar-refractivity contribution in [3.05, 3.63) is 35.4 Å². The molecule has 0 aliphatic rings. The molecule has 0 amide bonds. The molecule has 0 N–H and O–H groups in total. The van der Waals surface area contributed by atoms with Gasteiger partial charge in [-0.1, -0.05) is 12.1 Å². The fourth-order valence-electron chi connectivity index (χ4n) is 0.660. The summed E-state index contributed by atoms with van der Waals surface area (Å²) < 4.78 is 24.7. The Labute approximate surface area is 85.3 Å². The molecule has 0 radical (unpaired) electrons. The van der Waals surface area contributed by atoms with Gasteiger partial charge in [-0.15, -0.1) is 6.61 Å². The normalized spacial score (nSPS) is 9.00. The number of halogens is 2. The predicted molar refractivity (Wildman–Crippen MR) is 30.1 cm³/mol. The monoisotopic (exact) mass is 166 g/mol. The van der Waals surface area contributed by atoms with Crippen molar-refractivity contribution in [1.29, 1.82) is 0 Å². The maximum Gasteiger partial charge on any atom is 1.00 e. The van der Waals surface area contributed by atoms with Crippen LogP contribution in [-0.4, -0.2) is 0 Å². The number of hydrogen-bond donors (Lipinski definition) is 0. The van der Waals surface area contributed by atoms with Gasteiger partial charge in [0.05, 0.1) is 0 Å². The molecule has 0 saturated carbocycles. The van der Waals surface area contributed by atoms with Crippen molar-refractivity contribution in [1.82, 2.24) is 0 Å². The first kappa shape index (κ1) is 11.0. The topological polar surface area (TPSA) is 23.1 Å². The first-order chi connectivity index (χ1) is 4.75. The number of benzene rings is 1. The Morgan fingerprint density at radius 2 is 1.91 bits per heavy atom. The van der Waals surface area contributed by atoms with E-state index in [1.807, 2.05) is 0 Å². The van der Waals surface area contributed by atoms with Crippen LogP contribution in [0.3, 0.4) is 0 Å². The zero-order valence-corrected chi connectivity index (χ0v) is 8.10. The molecule has 4 heteroatoms. The minimum absolute atomic E-state index is 0. The van der Waals surface area contributed by atoms with Crippen molar-refractivity contribution in [2.24, 2.45) is 0 Å². The van der Waals surface area contributed by atoms with Gasteiger partial charge in [-0.2, -0.15) is 0 Å². The van der Waals surface area contributed by atoms with Crippen LogP contribution in [0, 0.1) is 11.6 Å². The van der Waals surface area contributed by atoms with Crippen LogP contribution in [0.4, 0.5) is 8.78 Å². The average molecular weight is 166 g/mol. The second kappa shape index (κ2) is 4.83. The first-order valence-corrected chi connectivity index (χ1v) is 2.76. The summed E-state index contributed by atoms with van der Waals surface area (Å²) in [6.07, 6.45) is 0. The molecule has 54 valence electrons. The Kier molecular flexibility index (Phi) is 4.84. The molecule has 0 aliphatic carbocycles. The van der Waals surface area contributed by atoms with E-state index >= 15 is 0 Å². The molecule has 1 nitrogen and oxygen atoms in total. The fraction of sp³-hybridized carbons (Fsp3) is 0.143. The van der Waals surface area contributed by atoms with Crippen molar-refractivity contribution in [3.8, 4) is 0 Å². The van der Waals surface area contributed by atoms with Gasteiger partial charge in [-0.05, 0) is 11.6 Å². The number of hydrogen-bond acceptors (Lipinski definition) is 1. The van der Waals surface area contributed by atoms with E-state index in [2.05, 4.69) is 0 Å². The van der Waals surface area contributed by atoms with E-state index in [1.54, 1.807) is 0 Å². The molecule has 1 aromatic rings. The summed E-state index contributed by atoms with van der Waals surface area (Å²) in [6, 6.07) is 3.56. The van der Waals surface area contributed by atoms with Gasteiger partial charge in [0.1, 0.15) is 0 Å². The standard InChI is InChI=1S/C7H5F2O.Na/c8-6-3-1-2-5(4-10)7(6)9;/h1-3H,4H2;/q-1;+1. The van der Waals surface area contributed by atoms with Crippen LogP contribution < -0.4 is 34.7 Å². The predicted octanol–water partition coefficient (Wildman–Crippen LogP) is -2.17. The van der Waals surface area contributed by atoms with Crippen molar-refractivity contribution in [3.63, 3.8) is 0 Å². The van der Waals surface area contributed by atoms with E-state index in [4.69, 9.17) is 0 Å². The van der Waals surface area contributed by atoms with Gasteiger partial charge in [0.25, 0.3) is 0 Å². The molecule has 0 atom stereocenters. The Hall–Kier alpha value is 0.0400. The van der Waals surface area contributed by atoms with Crippen molar-refractivity contribution < 1.29 is 43.4 Å². The maximum atomic E-state index is 12.4. The van der Waals surface area contributed by atoms with Crippen LogP contribution in [0.5, 0.6) is 0 Å². The van der Waals surface area contributed by atoms with Crippen molar-refractivity contribution >= 4 is 0 Å². The molecule has 1 aromatic carbocycles. The Morgan fingerprint density at radius 1 is 1.27 bits per heavy atom. The zero-order chi connectivity index (χ0) is 7.56. The fourth-order valence-corrected chi connectivity index (χ4v) is 0.660. The summed E-state index contributed by atoms with van der Waals surface area (Å²) in [7, 11) is 0. The molecule has 0 heterocycles.